The third kappa shape index (κ3) is 4.62. The van der Waals surface area contributed by atoms with E-state index in [-0.39, 0.29) is 23.8 Å². The third-order valence-corrected chi connectivity index (χ3v) is 5.76. The Hall–Kier alpha value is -4.01. The maximum absolute atomic E-state index is 14.4. The fraction of sp³-hybridized carbons (Fsp3) is 0.250. The highest BCUT2D eigenvalue weighted by molar-refractivity contribution is 5.98. The lowest BCUT2D eigenvalue weighted by Gasteiger charge is -2.36. The summed E-state index contributed by atoms with van der Waals surface area (Å²) in [6.45, 7) is 2.69. The predicted octanol–water partition coefficient (Wildman–Crippen LogP) is 1.95. The first kappa shape index (κ1) is 22.2. The molecule has 9 heteroatoms. The van der Waals surface area contributed by atoms with Crippen molar-refractivity contribution in [2.45, 2.75) is 6.92 Å². The molecule has 2 N–H and O–H groups in total. The van der Waals surface area contributed by atoms with Crippen molar-refractivity contribution >= 4 is 34.2 Å². The monoisotopic (exact) mass is 450 g/mol. The molecule has 0 spiro atoms. The van der Waals surface area contributed by atoms with Gasteiger partial charge in [-0.2, -0.15) is 0 Å². The number of halogens is 1. The molecule has 8 nitrogen and oxygen atoms in total. The molecule has 2 heterocycles. The van der Waals surface area contributed by atoms with Crippen LogP contribution in [0.5, 0.6) is 0 Å². The number of carbonyl (C=O) groups is 3. The summed E-state index contributed by atoms with van der Waals surface area (Å²) in [6.07, 6.45) is 1.34. The van der Waals surface area contributed by atoms with E-state index in [1.165, 1.54) is 19.2 Å². The Morgan fingerprint density at radius 3 is 2.48 bits per heavy atom. The SMILES string of the molecule is CC(=O)c1ccc(N2CCN(C(=O)CNC(=O)c3c[nH]c4ccccc4c3=O)CC2)c(F)c1. The van der Waals surface area contributed by atoms with Gasteiger partial charge in [0.1, 0.15) is 11.4 Å². The van der Waals surface area contributed by atoms with Gasteiger partial charge in [-0.15, -0.1) is 0 Å². The van der Waals surface area contributed by atoms with Crippen LogP contribution in [0.1, 0.15) is 27.6 Å². The summed E-state index contributed by atoms with van der Waals surface area (Å²) in [6, 6.07) is 11.3. The number of piperazine rings is 1. The smallest absolute Gasteiger partial charge is 0.257 e. The molecule has 1 aromatic heterocycles. The van der Waals surface area contributed by atoms with Crippen LogP contribution in [0.4, 0.5) is 10.1 Å². The fourth-order valence-electron chi connectivity index (χ4n) is 3.88. The molecule has 0 unspecified atom stereocenters. The molecule has 3 aromatic rings. The number of amides is 2. The molecule has 170 valence electrons. The first-order valence-corrected chi connectivity index (χ1v) is 10.6. The summed E-state index contributed by atoms with van der Waals surface area (Å²) in [5.41, 5.74) is 0.860. The van der Waals surface area contributed by atoms with Crippen LogP contribution in [0.25, 0.3) is 10.9 Å². The number of pyridine rings is 1. The van der Waals surface area contributed by atoms with E-state index in [1.807, 2.05) is 4.90 Å². The highest BCUT2D eigenvalue weighted by atomic mass is 19.1. The van der Waals surface area contributed by atoms with Gasteiger partial charge >= 0.3 is 0 Å². The number of aromatic amines is 1. The van der Waals surface area contributed by atoms with Crippen LogP contribution in [0.15, 0.2) is 53.5 Å². The number of rotatable bonds is 5. The van der Waals surface area contributed by atoms with Gasteiger partial charge in [0.15, 0.2) is 5.78 Å². The first-order chi connectivity index (χ1) is 15.8. The van der Waals surface area contributed by atoms with E-state index in [4.69, 9.17) is 0 Å². The van der Waals surface area contributed by atoms with Crippen LogP contribution in [0, 0.1) is 5.82 Å². The third-order valence-electron chi connectivity index (χ3n) is 5.76. The second-order valence-electron chi connectivity index (χ2n) is 7.85. The quantitative estimate of drug-likeness (QED) is 0.579. The lowest BCUT2D eigenvalue weighted by molar-refractivity contribution is -0.130. The lowest BCUT2D eigenvalue weighted by atomic mass is 10.1. The maximum Gasteiger partial charge on any atom is 0.257 e. The van der Waals surface area contributed by atoms with Crippen molar-refractivity contribution in [3.63, 3.8) is 0 Å². The number of hydrogen-bond donors (Lipinski definition) is 2. The number of anilines is 1. The fourth-order valence-corrected chi connectivity index (χ4v) is 3.88. The van der Waals surface area contributed by atoms with Crippen molar-refractivity contribution in [2.24, 2.45) is 0 Å². The minimum absolute atomic E-state index is 0.0594. The van der Waals surface area contributed by atoms with Crippen LogP contribution in [0.2, 0.25) is 0 Å². The van der Waals surface area contributed by atoms with Gasteiger partial charge in [0, 0.05) is 48.8 Å². The predicted molar refractivity (Wildman–Crippen MR) is 122 cm³/mol. The van der Waals surface area contributed by atoms with E-state index in [2.05, 4.69) is 10.3 Å². The number of H-pyrrole nitrogens is 1. The second kappa shape index (κ2) is 9.23. The summed E-state index contributed by atoms with van der Waals surface area (Å²) < 4.78 is 14.4. The van der Waals surface area contributed by atoms with Crippen molar-refractivity contribution in [2.75, 3.05) is 37.6 Å². The van der Waals surface area contributed by atoms with Crippen molar-refractivity contribution in [3.05, 3.63) is 75.8 Å². The van der Waals surface area contributed by atoms with Crippen LogP contribution in [-0.4, -0.2) is 60.2 Å². The van der Waals surface area contributed by atoms with Crippen LogP contribution >= 0.6 is 0 Å². The normalized spacial score (nSPS) is 13.8. The standard InChI is InChI=1S/C24H23FN4O4/c1-15(30)16-6-7-21(19(25)12-16)28-8-10-29(11-9-28)22(31)14-27-24(33)18-13-26-20-5-3-2-4-17(20)23(18)32/h2-7,12-13H,8-11,14H2,1H3,(H,26,32)(H,27,33). The van der Waals surface area contributed by atoms with Crippen molar-refractivity contribution in [1.82, 2.24) is 15.2 Å². The summed E-state index contributed by atoms with van der Waals surface area (Å²) in [5.74, 6) is -1.59. The van der Waals surface area contributed by atoms with Crippen molar-refractivity contribution in [3.8, 4) is 0 Å². The number of benzene rings is 2. The number of para-hydroxylation sites is 1. The Morgan fingerprint density at radius 1 is 1.06 bits per heavy atom. The molecule has 0 aliphatic carbocycles. The van der Waals surface area contributed by atoms with Gasteiger partial charge in [0.25, 0.3) is 5.91 Å². The Morgan fingerprint density at radius 2 is 1.79 bits per heavy atom. The highest BCUT2D eigenvalue weighted by Gasteiger charge is 2.24. The molecule has 1 aliphatic rings. The molecular formula is C24H23FN4O4. The zero-order valence-electron chi connectivity index (χ0n) is 18.1. The summed E-state index contributed by atoms with van der Waals surface area (Å²) in [7, 11) is 0. The van der Waals surface area contributed by atoms with E-state index < -0.39 is 17.2 Å². The average molecular weight is 450 g/mol. The lowest BCUT2D eigenvalue weighted by Crippen LogP contribution is -2.51. The topological polar surface area (TPSA) is 103 Å². The molecule has 4 rings (SSSR count). The molecule has 1 aliphatic heterocycles. The van der Waals surface area contributed by atoms with E-state index >= 15 is 0 Å². The van der Waals surface area contributed by atoms with Gasteiger partial charge in [0.2, 0.25) is 11.3 Å². The van der Waals surface area contributed by atoms with Gasteiger partial charge in [-0.1, -0.05) is 12.1 Å². The van der Waals surface area contributed by atoms with Gasteiger partial charge in [0.05, 0.1) is 12.2 Å². The number of carbonyl (C=O) groups excluding carboxylic acids is 3. The summed E-state index contributed by atoms with van der Waals surface area (Å²) in [4.78, 5) is 55.3. The number of hydrogen-bond acceptors (Lipinski definition) is 5. The largest absolute Gasteiger partial charge is 0.366 e. The summed E-state index contributed by atoms with van der Waals surface area (Å²) >= 11 is 0. The van der Waals surface area contributed by atoms with E-state index in [0.717, 1.165) is 0 Å². The van der Waals surface area contributed by atoms with E-state index in [1.54, 1.807) is 41.3 Å². The molecule has 1 saturated heterocycles. The number of Topliss-reactive ketones (excluding diaryl/α,β-unsaturated/α-hetero) is 1. The molecule has 1 fully saturated rings. The maximum atomic E-state index is 14.4. The molecule has 0 saturated carbocycles. The molecule has 2 aromatic carbocycles. The number of nitrogens with zero attached hydrogens (tertiary/aromatic N) is 2. The van der Waals surface area contributed by atoms with Crippen molar-refractivity contribution < 1.29 is 18.8 Å². The zero-order chi connectivity index (χ0) is 23.5. The van der Waals surface area contributed by atoms with E-state index in [9.17, 15) is 23.6 Å². The Labute approximate surface area is 189 Å². The Kier molecular flexibility index (Phi) is 6.21. The van der Waals surface area contributed by atoms with Gasteiger partial charge in [-0.25, -0.2) is 4.39 Å². The molecule has 0 bridgehead atoms. The number of fused-ring (bicyclic) bond motifs is 1. The average Bonchev–Trinajstić information content (AvgIpc) is 2.82. The van der Waals surface area contributed by atoms with Crippen molar-refractivity contribution in [1.29, 1.82) is 0 Å². The van der Waals surface area contributed by atoms with E-state index in [0.29, 0.717) is 48.3 Å². The van der Waals surface area contributed by atoms with Crippen LogP contribution in [0.3, 0.4) is 0 Å². The van der Waals surface area contributed by atoms with Gasteiger partial charge in [-0.05, 0) is 37.3 Å². The first-order valence-electron chi connectivity index (χ1n) is 10.6. The minimum Gasteiger partial charge on any atom is -0.366 e. The number of aromatic nitrogens is 1. The zero-order valence-corrected chi connectivity index (χ0v) is 18.1. The molecule has 0 atom stereocenters. The Bertz CT molecular complexity index is 1300. The molecular weight excluding hydrogens is 427 g/mol. The minimum atomic E-state index is -0.623. The van der Waals surface area contributed by atoms with Gasteiger partial charge < -0.3 is 20.1 Å². The molecule has 33 heavy (non-hydrogen) atoms. The van der Waals surface area contributed by atoms with Crippen LogP contribution < -0.4 is 15.6 Å². The second-order valence-corrected chi connectivity index (χ2v) is 7.85. The Balaban J connectivity index is 1.33. The molecule has 2 amide bonds. The highest BCUT2D eigenvalue weighted by Crippen LogP contribution is 2.22. The number of ketones is 1. The number of nitrogens with one attached hydrogen (secondary N) is 2. The molecule has 0 radical (unpaired) electrons. The van der Waals surface area contributed by atoms with Crippen LogP contribution in [-0.2, 0) is 4.79 Å². The summed E-state index contributed by atoms with van der Waals surface area (Å²) in [5, 5.41) is 2.91. The van der Waals surface area contributed by atoms with Gasteiger partial charge in [-0.3, -0.25) is 19.2 Å².